The summed E-state index contributed by atoms with van der Waals surface area (Å²) in [5.41, 5.74) is 7.08. The zero-order valence-electron chi connectivity index (χ0n) is 10.5. The van der Waals surface area contributed by atoms with Crippen LogP contribution in [-0.2, 0) is 0 Å². The molecule has 98 valence electrons. The predicted octanol–water partition coefficient (Wildman–Crippen LogP) is 1.96. The maximum absolute atomic E-state index is 11.7. The van der Waals surface area contributed by atoms with E-state index in [0.29, 0.717) is 17.8 Å². The highest BCUT2D eigenvalue weighted by Gasteiger charge is 2.08. The minimum absolute atomic E-state index is 0.118. The minimum Gasteiger partial charge on any atom is -0.398 e. The Kier molecular flexibility index (Phi) is 4.35. The van der Waals surface area contributed by atoms with E-state index in [1.807, 2.05) is 19.1 Å². The van der Waals surface area contributed by atoms with E-state index < -0.39 is 0 Å². The summed E-state index contributed by atoms with van der Waals surface area (Å²) in [6, 6.07) is 7.06. The Morgan fingerprint density at radius 1 is 1.42 bits per heavy atom. The van der Waals surface area contributed by atoms with E-state index in [4.69, 9.17) is 5.73 Å². The van der Waals surface area contributed by atoms with E-state index in [1.54, 1.807) is 18.3 Å². The third-order valence-corrected chi connectivity index (χ3v) is 3.42. The van der Waals surface area contributed by atoms with E-state index >= 15 is 0 Å². The van der Waals surface area contributed by atoms with Crippen molar-refractivity contribution >= 4 is 23.4 Å². The van der Waals surface area contributed by atoms with Gasteiger partial charge in [-0.3, -0.25) is 4.79 Å². The number of carbonyl (C=O) groups excluding carboxylic acids is 1. The second-order valence-corrected chi connectivity index (χ2v) is 4.82. The van der Waals surface area contributed by atoms with Crippen LogP contribution in [0, 0.1) is 0 Å². The van der Waals surface area contributed by atoms with E-state index in [-0.39, 0.29) is 5.91 Å². The van der Waals surface area contributed by atoms with Crippen molar-refractivity contribution in [2.45, 2.75) is 16.8 Å². The topological polar surface area (TPSA) is 80.9 Å². The highest BCUT2D eigenvalue weighted by atomic mass is 32.2. The fourth-order valence-corrected chi connectivity index (χ4v) is 2.26. The van der Waals surface area contributed by atoms with Crippen LogP contribution in [0.4, 0.5) is 5.69 Å². The molecule has 6 heteroatoms. The second-order valence-electron chi connectivity index (χ2n) is 3.76. The average Bonchev–Trinajstić information content (AvgIpc) is 2.42. The Morgan fingerprint density at radius 3 is 2.89 bits per heavy atom. The van der Waals surface area contributed by atoms with Crippen molar-refractivity contribution in [3.8, 4) is 0 Å². The summed E-state index contributed by atoms with van der Waals surface area (Å²) in [6.45, 7) is 2.47. The standard InChI is InChI=1S/C13H14N4OS/c1-2-16-13(18)9-3-4-11(10(14)7-9)19-12-5-6-15-8-17-12/h3-8H,2,14H2,1H3,(H,16,18). The van der Waals surface area contributed by atoms with Gasteiger partial charge in [-0.25, -0.2) is 9.97 Å². The Hall–Kier alpha value is -2.08. The maximum atomic E-state index is 11.7. The number of carbonyl (C=O) groups is 1. The van der Waals surface area contributed by atoms with Crippen molar-refractivity contribution in [2.75, 3.05) is 12.3 Å². The summed E-state index contributed by atoms with van der Waals surface area (Å²) in [5, 5.41) is 3.55. The Bertz CT molecular complexity index is 574. The van der Waals surface area contributed by atoms with Gasteiger partial charge in [-0.1, -0.05) is 11.8 Å². The quantitative estimate of drug-likeness (QED) is 0.658. The predicted molar refractivity (Wildman–Crippen MR) is 75.0 cm³/mol. The van der Waals surface area contributed by atoms with Gasteiger partial charge in [0.15, 0.2) is 0 Å². The molecule has 0 bridgehead atoms. The van der Waals surface area contributed by atoms with Crippen LogP contribution in [0.2, 0.25) is 0 Å². The van der Waals surface area contributed by atoms with Gasteiger partial charge in [0.25, 0.3) is 5.91 Å². The van der Waals surface area contributed by atoms with Crippen LogP contribution in [0.1, 0.15) is 17.3 Å². The minimum atomic E-state index is -0.118. The summed E-state index contributed by atoms with van der Waals surface area (Å²) in [7, 11) is 0. The van der Waals surface area contributed by atoms with Gasteiger partial charge in [-0.15, -0.1) is 0 Å². The number of nitrogens with two attached hydrogens (primary N) is 1. The molecule has 0 fully saturated rings. The molecule has 1 aromatic heterocycles. The Labute approximate surface area is 115 Å². The molecule has 0 radical (unpaired) electrons. The fourth-order valence-electron chi connectivity index (χ4n) is 1.50. The number of anilines is 1. The molecule has 2 rings (SSSR count). The first kappa shape index (κ1) is 13.4. The van der Waals surface area contributed by atoms with E-state index in [9.17, 15) is 4.79 Å². The van der Waals surface area contributed by atoms with Crippen LogP contribution < -0.4 is 11.1 Å². The van der Waals surface area contributed by atoms with Gasteiger partial charge in [-0.2, -0.15) is 0 Å². The summed E-state index contributed by atoms with van der Waals surface area (Å²) in [6.07, 6.45) is 3.16. The van der Waals surface area contributed by atoms with Crippen molar-refractivity contribution in [1.82, 2.24) is 15.3 Å². The number of nitrogens with one attached hydrogen (secondary N) is 1. The number of rotatable bonds is 4. The van der Waals surface area contributed by atoms with Gasteiger partial charge in [-0.05, 0) is 31.2 Å². The lowest BCUT2D eigenvalue weighted by atomic mass is 10.2. The molecule has 5 nitrogen and oxygen atoms in total. The van der Waals surface area contributed by atoms with Gasteiger partial charge < -0.3 is 11.1 Å². The van der Waals surface area contributed by atoms with Gasteiger partial charge in [0.2, 0.25) is 0 Å². The molecule has 3 N–H and O–H groups in total. The first-order valence-electron chi connectivity index (χ1n) is 5.82. The second kappa shape index (κ2) is 6.19. The lowest BCUT2D eigenvalue weighted by Crippen LogP contribution is -2.22. The number of nitrogens with zero attached hydrogens (tertiary/aromatic N) is 2. The lowest BCUT2D eigenvalue weighted by molar-refractivity contribution is 0.0956. The highest BCUT2D eigenvalue weighted by molar-refractivity contribution is 7.99. The van der Waals surface area contributed by atoms with E-state index in [2.05, 4.69) is 15.3 Å². The van der Waals surface area contributed by atoms with Crippen molar-refractivity contribution in [3.63, 3.8) is 0 Å². The van der Waals surface area contributed by atoms with Crippen molar-refractivity contribution in [3.05, 3.63) is 42.4 Å². The molecule has 1 heterocycles. The molecule has 1 aromatic carbocycles. The summed E-state index contributed by atoms with van der Waals surface area (Å²) >= 11 is 1.44. The van der Waals surface area contributed by atoms with Crippen molar-refractivity contribution < 1.29 is 4.79 Å². The maximum Gasteiger partial charge on any atom is 0.251 e. The molecule has 0 saturated carbocycles. The fraction of sp³-hybridized carbons (Fsp3) is 0.154. The normalized spacial score (nSPS) is 10.2. The smallest absolute Gasteiger partial charge is 0.251 e. The zero-order chi connectivity index (χ0) is 13.7. The molecular weight excluding hydrogens is 260 g/mol. The summed E-state index contributed by atoms with van der Waals surface area (Å²) in [5.74, 6) is -0.118. The largest absolute Gasteiger partial charge is 0.398 e. The van der Waals surface area contributed by atoms with Crippen LogP contribution >= 0.6 is 11.8 Å². The van der Waals surface area contributed by atoms with Crippen molar-refractivity contribution in [1.29, 1.82) is 0 Å². The monoisotopic (exact) mass is 274 g/mol. The first-order valence-corrected chi connectivity index (χ1v) is 6.64. The van der Waals surface area contributed by atoms with Crippen molar-refractivity contribution in [2.24, 2.45) is 0 Å². The number of benzene rings is 1. The number of hydrogen-bond acceptors (Lipinski definition) is 5. The Balaban J connectivity index is 2.18. The lowest BCUT2D eigenvalue weighted by Gasteiger charge is -2.07. The van der Waals surface area contributed by atoms with Crippen LogP contribution in [0.3, 0.4) is 0 Å². The summed E-state index contributed by atoms with van der Waals surface area (Å²) in [4.78, 5) is 20.5. The third kappa shape index (κ3) is 3.45. The average molecular weight is 274 g/mol. The van der Waals surface area contributed by atoms with Crippen LogP contribution in [0.25, 0.3) is 0 Å². The Morgan fingerprint density at radius 2 is 2.26 bits per heavy atom. The van der Waals surface area contributed by atoms with Crippen LogP contribution in [-0.4, -0.2) is 22.4 Å². The molecule has 0 aliphatic carbocycles. The molecule has 0 aliphatic heterocycles. The number of hydrogen-bond donors (Lipinski definition) is 2. The van der Waals surface area contributed by atoms with Crippen LogP contribution in [0.15, 0.2) is 46.7 Å². The number of nitrogen functional groups attached to an aromatic ring is 1. The molecule has 19 heavy (non-hydrogen) atoms. The zero-order valence-corrected chi connectivity index (χ0v) is 11.3. The molecule has 0 aliphatic rings. The van der Waals surface area contributed by atoms with E-state index in [1.165, 1.54) is 18.1 Å². The molecule has 0 atom stereocenters. The molecule has 2 aromatic rings. The first-order chi connectivity index (χ1) is 9.20. The molecule has 0 saturated heterocycles. The van der Waals surface area contributed by atoms with Gasteiger partial charge in [0.1, 0.15) is 11.4 Å². The molecule has 1 amide bonds. The molecule has 0 spiro atoms. The molecular formula is C13H14N4OS. The third-order valence-electron chi connectivity index (χ3n) is 2.38. The van der Waals surface area contributed by atoms with Gasteiger partial charge in [0, 0.05) is 28.9 Å². The van der Waals surface area contributed by atoms with E-state index in [0.717, 1.165) is 9.92 Å². The number of amides is 1. The van der Waals surface area contributed by atoms with Gasteiger partial charge >= 0.3 is 0 Å². The SMILES string of the molecule is CCNC(=O)c1ccc(Sc2ccncn2)c(N)c1. The summed E-state index contributed by atoms with van der Waals surface area (Å²) < 4.78 is 0. The van der Waals surface area contributed by atoms with Gasteiger partial charge in [0.05, 0.1) is 0 Å². The number of aromatic nitrogens is 2. The highest BCUT2D eigenvalue weighted by Crippen LogP contribution is 2.30. The van der Waals surface area contributed by atoms with Crippen LogP contribution in [0.5, 0.6) is 0 Å². The molecule has 0 unspecified atom stereocenters.